The summed E-state index contributed by atoms with van der Waals surface area (Å²) in [7, 11) is 0. The number of halogens is 1. The minimum atomic E-state index is -0.279. The van der Waals surface area contributed by atoms with Gasteiger partial charge in [-0.3, -0.25) is 14.4 Å². The molecule has 0 unspecified atom stereocenters. The van der Waals surface area contributed by atoms with Gasteiger partial charge in [0, 0.05) is 34.8 Å². The molecule has 0 radical (unpaired) electrons. The minimum absolute atomic E-state index is 0.0239. The Morgan fingerprint density at radius 3 is 2.07 bits per heavy atom. The van der Waals surface area contributed by atoms with E-state index in [2.05, 4.69) is 10.6 Å². The van der Waals surface area contributed by atoms with E-state index in [1.165, 1.54) is 23.6 Å². The summed E-state index contributed by atoms with van der Waals surface area (Å²) in [6.45, 7) is 3.68. The van der Waals surface area contributed by atoms with E-state index >= 15 is 0 Å². The molecule has 0 bridgehead atoms. The molecule has 0 aliphatic carbocycles. The topological polar surface area (TPSA) is 78.5 Å². The molecule has 0 saturated carbocycles. The third-order valence-electron chi connectivity index (χ3n) is 3.73. The van der Waals surface area contributed by atoms with Gasteiger partial charge in [-0.2, -0.15) is 0 Å². The van der Waals surface area contributed by atoms with Gasteiger partial charge in [-0.25, -0.2) is 0 Å². The SMILES string of the molecule is CCN(CC(=O)Nc1ccc(NC(C)=O)cc1)C(=O)CSc1ccc(Cl)cc1. The molecule has 148 valence electrons. The highest BCUT2D eigenvalue weighted by molar-refractivity contribution is 8.00. The summed E-state index contributed by atoms with van der Waals surface area (Å²) in [5, 5.41) is 6.06. The first kappa shape index (κ1) is 21.8. The number of carbonyl (C=O) groups excluding carboxylic acids is 3. The third kappa shape index (κ3) is 7.25. The van der Waals surface area contributed by atoms with Crippen LogP contribution in [0.2, 0.25) is 5.02 Å². The number of likely N-dealkylation sites (N-methyl/N-ethyl adjacent to an activating group) is 1. The van der Waals surface area contributed by atoms with Gasteiger partial charge in [-0.1, -0.05) is 11.6 Å². The first-order valence-electron chi connectivity index (χ1n) is 8.71. The Hall–Kier alpha value is -2.51. The highest BCUT2D eigenvalue weighted by Gasteiger charge is 2.16. The Morgan fingerprint density at radius 1 is 0.964 bits per heavy atom. The summed E-state index contributed by atoms with van der Waals surface area (Å²) in [4.78, 5) is 38.1. The first-order valence-corrected chi connectivity index (χ1v) is 10.1. The van der Waals surface area contributed by atoms with Crippen LogP contribution in [0.1, 0.15) is 13.8 Å². The number of anilines is 2. The summed E-state index contributed by atoms with van der Waals surface area (Å²) in [5.41, 5.74) is 1.24. The molecule has 3 amide bonds. The van der Waals surface area contributed by atoms with E-state index in [0.29, 0.717) is 22.9 Å². The van der Waals surface area contributed by atoms with E-state index in [9.17, 15) is 14.4 Å². The number of thioether (sulfide) groups is 1. The normalized spacial score (nSPS) is 10.2. The van der Waals surface area contributed by atoms with E-state index in [1.54, 1.807) is 36.4 Å². The van der Waals surface area contributed by atoms with E-state index < -0.39 is 0 Å². The quantitative estimate of drug-likeness (QED) is 0.636. The molecule has 0 aliphatic rings. The lowest BCUT2D eigenvalue weighted by Crippen LogP contribution is -2.38. The van der Waals surface area contributed by atoms with Gasteiger partial charge in [0.1, 0.15) is 0 Å². The maximum Gasteiger partial charge on any atom is 0.243 e. The van der Waals surface area contributed by atoms with Crippen LogP contribution in [0, 0.1) is 0 Å². The Labute approximate surface area is 173 Å². The lowest BCUT2D eigenvalue weighted by Gasteiger charge is -2.20. The van der Waals surface area contributed by atoms with Crippen molar-refractivity contribution < 1.29 is 14.4 Å². The number of hydrogen-bond acceptors (Lipinski definition) is 4. The second kappa shape index (κ2) is 10.7. The van der Waals surface area contributed by atoms with Crippen LogP contribution in [0.4, 0.5) is 11.4 Å². The molecular weight excluding hydrogens is 398 g/mol. The van der Waals surface area contributed by atoms with E-state index in [-0.39, 0.29) is 30.0 Å². The monoisotopic (exact) mass is 419 g/mol. The van der Waals surface area contributed by atoms with Gasteiger partial charge in [0.15, 0.2) is 0 Å². The molecule has 8 heteroatoms. The smallest absolute Gasteiger partial charge is 0.243 e. The molecule has 2 N–H and O–H groups in total. The standard InChI is InChI=1S/C20H22ClN3O3S/c1-3-24(20(27)13-28-18-10-4-15(21)5-11-18)12-19(26)23-17-8-6-16(7-9-17)22-14(2)25/h4-11H,3,12-13H2,1-2H3,(H,22,25)(H,23,26). The van der Waals surface area contributed by atoms with Gasteiger partial charge >= 0.3 is 0 Å². The fourth-order valence-corrected chi connectivity index (χ4v) is 3.28. The highest BCUT2D eigenvalue weighted by atomic mass is 35.5. The minimum Gasteiger partial charge on any atom is -0.333 e. The van der Waals surface area contributed by atoms with E-state index in [1.807, 2.05) is 19.1 Å². The number of rotatable bonds is 8. The molecule has 6 nitrogen and oxygen atoms in total. The number of benzene rings is 2. The van der Waals surface area contributed by atoms with Crippen molar-refractivity contribution in [2.24, 2.45) is 0 Å². The van der Waals surface area contributed by atoms with Crippen molar-refractivity contribution >= 4 is 52.5 Å². The summed E-state index contributed by atoms with van der Waals surface area (Å²) in [6, 6.07) is 14.0. The molecule has 0 spiro atoms. The van der Waals surface area contributed by atoms with Crippen molar-refractivity contribution in [3.63, 3.8) is 0 Å². The largest absolute Gasteiger partial charge is 0.333 e. The lowest BCUT2D eigenvalue weighted by molar-refractivity contribution is -0.132. The molecule has 2 rings (SSSR count). The molecule has 2 aromatic carbocycles. The zero-order valence-electron chi connectivity index (χ0n) is 15.7. The van der Waals surface area contributed by atoms with Crippen LogP contribution in [-0.2, 0) is 14.4 Å². The van der Waals surface area contributed by atoms with Crippen molar-refractivity contribution in [2.45, 2.75) is 18.7 Å². The summed E-state index contributed by atoms with van der Waals surface area (Å²) < 4.78 is 0. The van der Waals surface area contributed by atoms with Gasteiger partial charge in [-0.15, -0.1) is 11.8 Å². The predicted octanol–water partition coefficient (Wildman–Crippen LogP) is 3.88. The molecule has 0 atom stereocenters. The Morgan fingerprint density at radius 2 is 1.54 bits per heavy atom. The third-order valence-corrected chi connectivity index (χ3v) is 4.98. The van der Waals surface area contributed by atoms with Gasteiger partial charge in [0.2, 0.25) is 17.7 Å². The maximum absolute atomic E-state index is 12.4. The number of nitrogens with zero attached hydrogens (tertiary/aromatic N) is 1. The molecular formula is C20H22ClN3O3S. The van der Waals surface area contributed by atoms with Crippen LogP contribution in [0.5, 0.6) is 0 Å². The second-order valence-corrected chi connectivity index (χ2v) is 7.44. The van der Waals surface area contributed by atoms with Gasteiger partial charge in [0.25, 0.3) is 0 Å². The molecule has 28 heavy (non-hydrogen) atoms. The number of hydrogen-bond donors (Lipinski definition) is 2. The van der Waals surface area contributed by atoms with Gasteiger partial charge in [0.05, 0.1) is 12.3 Å². The number of carbonyl (C=O) groups is 3. The zero-order valence-corrected chi connectivity index (χ0v) is 17.3. The lowest BCUT2D eigenvalue weighted by atomic mass is 10.2. The summed E-state index contributed by atoms with van der Waals surface area (Å²) >= 11 is 7.26. The second-order valence-electron chi connectivity index (χ2n) is 5.96. The van der Waals surface area contributed by atoms with Crippen molar-refractivity contribution in [3.05, 3.63) is 53.6 Å². The van der Waals surface area contributed by atoms with Gasteiger partial charge in [-0.05, 0) is 55.5 Å². The van der Waals surface area contributed by atoms with Crippen LogP contribution in [0.3, 0.4) is 0 Å². The Balaban J connectivity index is 1.84. The molecule has 0 aromatic heterocycles. The number of nitrogens with one attached hydrogen (secondary N) is 2. The average molecular weight is 420 g/mol. The van der Waals surface area contributed by atoms with Crippen LogP contribution in [0.25, 0.3) is 0 Å². The van der Waals surface area contributed by atoms with Crippen LogP contribution in [-0.4, -0.2) is 41.5 Å². The fraction of sp³-hybridized carbons (Fsp3) is 0.250. The maximum atomic E-state index is 12.4. The molecule has 0 saturated heterocycles. The Kier molecular flexibility index (Phi) is 8.35. The molecule has 2 aromatic rings. The summed E-state index contributed by atoms with van der Waals surface area (Å²) in [6.07, 6.45) is 0. The van der Waals surface area contributed by atoms with Crippen LogP contribution in [0.15, 0.2) is 53.4 Å². The van der Waals surface area contributed by atoms with Crippen molar-refractivity contribution in [2.75, 3.05) is 29.5 Å². The van der Waals surface area contributed by atoms with Gasteiger partial charge < -0.3 is 15.5 Å². The number of amides is 3. The van der Waals surface area contributed by atoms with Crippen LogP contribution < -0.4 is 10.6 Å². The van der Waals surface area contributed by atoms with E-state index in [4.69, 9.17) is 11.6 Å². The molecule has 0 heterocycles. The Bertz CT molecular complexity index is 826. The molecule has 0 aliphatic heterocycles. The first-order chi connectivity index (χ1) is 13.4. The molecule has 0 fully saturated rings. The average Bonchev–Trinajstić information content (AvgIpc) is 2.66. The van der Waals surface area contributed by atoms with Crippen molar-refractivity contribution in [1.82, 2.24) is 4.90 Å². The van der Waals surface area contributed by atoms with Crippen molar-refractivity contribution in [1.29, 1.82) is 0 Å². The fourth-order valence-electron chi connectivity index (χ4n) is 2.36. The highest BCUT2D eigenvalue weighted by Crippen LogP contribution is 2.20. The summed E-state index contributed by atoms with van der Waals surface area (Å²) in [5.74, 6) is -0.309. The van der Waals surface area contributed by atoms with E-state index in [0.717, 1.165) is 4.90 Å². The van der Waals surface area contributed by atoms with Crippen LogP contribution >= 0.6 is 23.4 Å². The zero-order chi connectivity index (χ0) is 20.5. The predicted molar refractivity (Wildman–Crippen MR) is 114 cm³/mol. The van der Waals surface area contributed by atoms with Crippen molar-refractivity contribution in [3.8, 4) is 0 Å².